The second-order valence-corrected chi connectivity index (χ2v) is 4.22. The minimum atomic E-state index is 0.519. The van der Waals surface area contributed by atoms with Crippen LogP contribution in [-0.4, -0.2) is 87.9 Å². The van der Waals surface area contributed by atoms with Crippen LogP contribution in [0.3, 0.4) is 0 Å². The van der Waals surface area contributed by atoms with Crippen LogP contribution in [0, 0.1) is 10.8 Å². The maximum atomic E-state index is 7.25. The molecule has 6 heteroatoms. The van der Waals surface area contributed by atoms with Crippen molar-refractivity contribution < 1.29 is 0 Å². The van der Waals surface area contributed by atoms with Gasteiger partial charge in [-0.25, -0.2) is 0 Å². The lowest BCUT2D eigenvalue weighted by Crippen LogP contribution is -2.34. The van der Waals surface area contributed by atoms with Crippen LogP contribution >= 0.6 is 0 Å². The summed E-state index contributed by atoms with van der Waals surface area (Å²) in [5.74, 6) is 1.04. The first-order chi connectivity index (χ1) is 7.11. The number of rotatable bonds is 0. The lowest BCUT2D eigenvalue weighted by Gasteiger charge is -2.19. The first-order valence-corrected chi connectivity index (χ1v) is 4.97. The third-order valence-corrected chi connectivity index (χ3v) is 1.69. The molecule has 0 aliphatic heterocycles. The fraction of sp³-hybridized carbons (Fsp3) is 0.800. The lowest BCUT2D eigenvalue weighted by atomic mass is 10.7. The Hall–Kier alpha value is -1.46. The van der Waals surface area contributed by atoms with Crippen molar-refractivity contribution in [3.05, 3.63) is 0 Å². The topological polar surface area (TPSA) is 60.7 Å². The van der Waals surface area contributed by atoms with E-state index < -0.39 is 0 Å². The number of guanidine groups is 2. The van der Waals surface area contributed by atoms with Crippen LogP contribution in [0.25, 0.3) is 0 Å². The summed E-state index contributed by atoms with van der Waals surface area (Å²) in [6, 6.07) is 0. The van der Waals surface area contributed by atoms with Crippen LogP contribution in [0.1, 0.15) is 0 Å². The highest BCUT2D eigenvalue weighted by Crippen LogP contribution is 1.81. The predicted molar refractivity (Wildman–Crippen MR) is 70.2 cm³/mol. The Kier molecular flexibility index (Phi) is 8.25. The first-order valence-electron chi connectivity index (χ1n) is 4.97. The van der Waals surface area contributed by atoms with Gasteiger partial charge in [0, 0.05) is 56.4 Å². The van der Waals surface area contributed by atoms with Crippen LogP contribution in [0.4, 0.5) is 0 Å². The number of hydrogen-bond donors (Lipinski definition) is 2. The zero-order valence-corrected chi connectivity index (χ0v) is 11.8. The molecule has 0 aromatic rings. The highest BCUT2D eigenvalue weighted by molar-refractivity contribution is 5.75. The van der Waals surface area contributed by atoms with E-state index in [2.05, 4.69) is 0 Å². The van der Waals surface area contributed by atoms with Gasteiger partial charge in [0.15, 0.2) is 11.9 Å². The zero-order valence-electron chi connectivity index (χ0n) is 11.8. The molecule has 0 amide bonds. The molecule has 0 rings (SSSR count). The number of hydrogen-bond acceptors (Lipinski definition) is 2. The smallest absolute Gasteiger partial charge is 0.192 e. The highest BCUT2D eigenvalue weighted by atomic mass is 15.3. The SMILES string of the molecule is CN(C)C(=N)N(C)C.CN(C)C(=N)N(C)C. The molecular formula is C10H26N6. The molecule has 96 valence electrons. The Labute approximate surface area is 99.4 Å². The fourth-order valence-electron chi connectivity index (χ4n) is 0.800. The average molecular weight is 230 g/mol. The van der Waals surface area contributed by atoms with Crippen molar-refractivity contribution in [3.8, 4) is 0 Å². The van der Waals surface area contributed by atoms with Crippen LogP contribution in [0.2, 0.25) is 0 Å². The van der Waals surface area contributed by atoms with Crippen LogP contribution in [-0.2, 0) is 0 Å². The van der Waals surface area contributed by atoms with Gasteiger partial charge in [-0.3, -0.25) is 10.8 Å². The summed E-state index contributed by atoms with van der Waals surface area (Å²) in [7, 11) is 14.8. The Balaban J connectivity index is 0. The van der Waals surface area contributed by atoms with E-state index in [9.17, 15) is 0 Å². The Morgan fingerprint density at radius 1 is 0.500 bits per heavy atom. The molecule has 0 saturated heterocycles. The van der Waals surface area contributed by atoms with Crippen molar-refractivity contribution in [1.29, 1.82) is 10.8 Å². The van der Waals surface area contributed by atoms with E-state index in [4.69, 9.17) is 10.8 Å². The minimum Gasteiger partial charge on any atom is -0.349 e. The molecule has 0 radical (unpaired) electrons. The standard InChI is InChI=1S/2C5H13N3/c2*1-7(2)5(6)8(3)4/h2*6H,1-4H3. The van der Waals surface area contributed by atoms with Gasteiger partial charge in [-0.05, 0) is 0 Å². The van der Waals surface area contributed by atoms with Crippen molar-refractivity contribution in [2.24, 2.45) is 0 Å². The summed E-state index contributed by atoms with van der Waals surface area (Å²) in [6.07, 6.45) is 0. The maximum absolute atomic E-state index is 7.25. The second-order valence-electron chi connectivity index (χ2n) is 4.22. The first kappa shape index (κ1) is 17.0. The molecule has 0 heterocycles. The van der Waals surface area contributed by atoms with Crippen molar-refractivity contribution >= 4 is 11.9 Å². The van der Waals surface area contributed by atoms with E-state index in [1.54, 1.807) is 19.6 Å². The third-order valence-electron chi connectivity index (χ3n) is 1.69. The van der Waals surface area contributed by atoms with E-state index in [1.165, 1.54) is 0 Å². The molecule has 0 aromatic carbocycles. The largest absolute Gasteiger partial charge is 0.349 e. The average Bonchev–Trinajstić information content (AvgIpc) is 2.15. The third kappa shape index (κ3) is 7.90. The molecule has 16 heavy (non-hydrogen) atoms. The van der Waals surface area contributed by atoms with Crippen molar-refractivity contribution in [3.63, 3.8) is 0 Å². The molecule has 0 saturated carbocycles. The summed E-state index contributed by atoms with van der Waals surface area (Å²) in [4.78, 5) is 7.00. The Morgan fingerprint density at radius 2 is 0.625 bits per heavy atom. The molecule has 0 aliphatic carbocycles. The maximum Gasteiger partial charge on any atom is 0.192 e. The summed E-state index contributed by atoms with van der Waals surface area (Å²) < 4.78 is 0. The molecular weight excluding hydrogens is 204 g/mol. The van der Waals surface area contributed by atoms with Gasteiger partial charge in [-0.1, -0.05) is 0 Å². The summed E-state index contributed by atoms with van der Waals surface area (Å²) in [5.41, 5.74) is 0. The van der Waals surface area contributed by atoms with Crippen molar-refractivity contribution in [1.82, 2.24) is 19.6 Å². The van der Waals surface area contributed by atoms with Crippen molar-refractivity contribution in [2.45, 2.75) is 0 Å². The van der Waals surface area contributed by atoms with Crippen LogP contribution in [0.15, 0.2) is 0 Å². The van der Waals surface area contributed by atoms with Gasteiger partial charge in [0.2, 0.25) is 0 Å². The molecule has 2 N–H and O–H groups in total. The molecule has 0 bridgehead atoms. The van der Waals surface area contributed by atoms with Gasteiger partial charge in [0.05, 0.1) is 0 Å². The minimum absolute atomic E-state index is 0.519. The van der Waals surface area contributed by atoms with E-state index in [0.717, 1.165) is 0 Å². The molecule has 6 nitrogen and oxygen atoms in total. The van der Waals surface area contributed by atoms with E-state index in [1.807, 2.05) is 56.4 Å². The monoisotopic (exact) mass is 230 g/mol. The second kappa shape index (κ2) is 7.78. The van der Waals surface area contributed by atoms with Crippen LogP contribution in [0.5, 0.6) is 0 Å². The van der Waals surface area contributed by atoms with E-state index in [0.29, 0.717) is 11.9 Å². The van der Waals surface area contributed by atoms with Gasteiger partial charge in [0.1, 0.15) is 0 Å². The molecule has 0 aliphatic rings. The summed E-state index contributed by atoms with van der Waals surface area (Å²) >= 11 is 0. The fourth-order valence-corrected chi connectivity index (χ4v) is 0.800. The van der Waals surface area contributed by atoms with Gasteiger partial charge < -0.3 is 19.6 Å². The molecule has 0 atom stereocenters. The molecule has 0 fully saturated rings. The number of nitrogens with one attached hydrogen (secondary N) is 2. The quantitative estimate of drug-likeness (QED) is 0.457. The van der Waals surface area contributed by atoms with E-state index in [-0.39, 0.29) is 0 Å². The molecule has 0 unspecified atom stereocenters. The molecule has 0 spiro atoms. The Morgan fingerprint density at radius 3 is 0.625 bits per heavy atom. The summed E-state index contributed by atoms with van der Waals surface area (Å²) in [6.45, 7) is 0. The predicted octanol–water partition coefficient (Wildman–Crippen LogP) is 0.0887. The number of nitrogens with zero attached hydrogens (tertiary/aromatic N) is 4. The van der Waals surface area contributed by atoms with Gasteiger partial charge in [-0.15, -0.1) is 0 Å². The lowest BCUT2D eigenvalue weighted by molar-refractivity contribution is 0.478. The zero-order chi connectivity index (χ0) is 13.5. The van der Waals surface area contributed by atoms with Gasteiger partial charge in [0.25, 0.3) is 0 Å². The van der Waals surface area contributed by atoms with Gasteiger partial charge in [-0.2, -0.15) is 0 Å². The normalized spacial score (nSPS) is 8.50. The highest BCUT2D eigenvalue weighted by Gasteiger charge is 1.98. The molecule has 0 aromatic heterocycles. The van der Waals surface area contributed by atoms with Crippen molar-refractivity contribution in [2.75, 3.05) is 56.4 Å². The van der Waals surface area contributed by atoms with Gasteiger partial charge >= 0.3 is 0 Å². The van der Waals surface area contributed by atoms with Crippen LogP contribution < -0.4 is 0 Å². The Bertz CT molecular complexity index is 175. The summed E-state index contributed by atoms with van der Waals surface area (Å²) in [5, 5.41) is 14.5. The van der Waals surface area contributed by atoms with E-state index >= 15 is 0 Å².